The van der Waals surface area contributed by atoms with Gasteiger partial charge in [-0.15, -0.1) is 0 Å². The van der Waals surface area contributed by atoms with Crippen LogP contribution in [0.15, 0.2) is 78.9 Å². The van der Waals surface area contributed by atoms with Gasteiger partial charge in [-0.1, -0.05) is 66.2 Å². The Labute approximate surface area is 160 Å². The van der Waals surface area contributed by atoms with Crippen LogP contribution in [0.5, 0.6) is 5.75 Å². The van der Waals surface area contributed by atoms with Crippen LogP contribution in [-0.2, 0) is 0 Å². The minimum Gasteiger partial charge on any atom is -0.497 e. The third-order valence-electron chi connectivity index (χ3n) is 4.11. The summed E-state index contributed by atoms with van der Waals surface area (Å²) in [5, 5.41) is 7.25. The highest BCUT2D eigenvalue weighted by molar-refractivity contribution is 7.80. The average Bonchev–Trinajstić information content (AvgIpc) is 2.67. The number of nitrogens with one attached hydrogen (secondary N) is 2. The molecular weight excluding hydrogens is 340 g/mol. The fourth-order valence-electron chi connectivity index (χ4n) is 2.85. The standard InChI is InChI=1S/C22H22N2OS/c1-16-8-6-11-18(14-16)21(17-9-4-3-5-10-17)24-22(26)23-19-12-7-13-20(15-19)25-2/h3-15,21H,1-2H3,(H2,23,24,26). The number of ether oxygens (including phenoxy) is 1. The van der Waals surface area contributed by atoms with Gasteiger partial charge < -0.3 is 15.4 Å². The number of hydrogen-bond donors (Lipinski definition) is 2. The van der Waals surface area contributed by atoms with Gasteiger partial charge >= 0.3 is 0 Å². The number of aryl methyl sites for hydroxylation is 1. The molecule has 0 radical (unpaired) electrons. The van der Waals surface area contributed by atoms with E-state index in [1.54, 1.807) is 7.11 Å². The van der Waals surface area contributed by atoms with Crippen LogP contribution >= 0.6 is 12.2 Å². The molecule has 1 atom stereocenters. The number of thiocarbonyl (C=S) groups is 1. The third-order valence-corrected chi connectivity index (χ3v) is 4.33. The van der Waals surface area contributed by atoms with E-state index in [0.717, 1.165) is 17.0 Å². The summed E-state index contributed by atoms with van der Waals surface area (Å²) < 4.78 is 5.27. The molecule has 0 aliphatic rings. The van der Waals surface area contributed by atoms with Gasteiger partial charge in [-0.25, -0.2) is 0 Å². The van der Waals surface area contributed by atoms with Crippen LogP contribution in [0.25, 0.3) is 0 Å². The first-order valence-electron chi connectivity index (χ1n) is 8.49. The molecule has 0 bridgehead atoms. The summed E-state index contributed by atoms with van der Waals surface area (Å²) >= 11 is 5.56. The van der Waals surface area contributed by atoms with E-state index in [2.05, 4.69) is 54.0 Å². The van der Waals surface area contributed by atoms with Crippen molar-refractivity contribution in [3.8, 4) is 5.75 Å². The van der Waals surface area contributed by atoms with Gasteiger partial charge in [-0.05, 0) is 42.4 Å². The van der Waals surface area contributed by atoms with Crippen LogP contribution < -0.4 is 15.4 Å². The van der Waals surface area contributed by atoms with Crippen molar-refractivity contribution in [3.63, 3.8) is 0 Å². The molecule has 3 aromatic carbocycles. The number of methoxy groups -OCH3 is 1. The maximum Gasteiger partial charge on any atom is 0.171 e. The minimum atomic E-state index is -0.0262. The molecule has 0 saturated heterocycles. The molecule has 0 heterocycles. The van der Waals surface area contributed by atoms with Gasteiger partial charge in [0.1, 0.15) is 5.75 Å². The predicted molar refractivity (Wildman–Crippen MR) is 112 cm³/mol. The van der Waals surface area contributed by atoms with E-state index in [-0.39, 0.29) is 6.04 Å². The van der Waals surface area contributed by atoms with E-state index in [1.807, 2.05) is 42.5 Å². The average molecular weight is 362 g/mol. The van der Waals surface area contributed by atoms with Crippen LogP contribution in [-0.4, -0.2) is 12.2 Å². The number of anilines is 1. The van der Waals surface area contributed by atoms with E-state index in [4.69, 9.17) is 17.0 Å². The molecule has 3 rings (SSSR count). The lowest BCUT2D eigenvalue weighted by molar-refractivity contribution is 0.415. The summed E-state index contributed by atoms with van der Waals surface area (Å²) in [5.41, 5.74) is 4.44. The van der Waals surface area contributed by atoms with Crippen molar-refractivity contribution >= 4 is 23.0 Å². The van der Waals surface area contributed by atoms with E-state index in [9.17, 15) is 0 Å². The van der Waals surface area contributed by atoms with Gasteiger partial charge in [0, 0.05) is 11.8 Å². The molecule has 2 N–H and O–H groups in total. The first kappa shape index (κ1) is 18.0. The van der Waals surface area contributed by atoms with Gasteiger partial charge in [0.25, 0.3) is 0 Å². The quantitative estimate of drug-likeness (QED) is 0.620. The predicted octanol–water partition coefficient (Wildman–Crippen LogP) is 5.08. The summed E-state index contributed by atoms with van der Waals surface area (Å²) in [6.07, 6.45) is 0. The maximum atomic E-state index is 5.56. The fourth-order valence-corrected chi connectivity index (χ4v) is 3.09. The minimum absolute atomic E-state index is 0.0262. The largest absolute Gasteiger partial charge is 0.497 e. The Kier molecular flexibility index (Phi) is 5.87. The molecule has 0 aromatic heterocycles. The van der Waals surface area contributed by atoms with Gasteiger partial charge in [0.05, 0.1) is 13.2 Å². The first-order chi connectivity index (χ1) is 12.7. The van der Waals surface area contributed by atoms with Crippen molar-refractivity contribution in [1.82, 2.24) is 5.32 Å². The molecule has 0 spiro atoms. The van der Waals surface area contributed by atoms with E-state index in [1.165, 1.54) is 11.1 Å². The molecular formula is C22H22N2OS. The normalized spacial score (nSPS) is 11.5. The van der Waals surface area contributed by atoms with E-state index < -0.39 is 0 Å². The Morgan fingerprint density at radius 3 is 2.35 bits per heavy atom. The SMILES string of the molecule is COc1cccc(NC(=S)NC(c2ccccc2)c2cccc(C)c2)c1. The van der Waals surface area contributed by atoms with Crippen LogP contribution in [0, 0.1) is 6.92 Å². The van der Waals surface area contributed by atoms with Crippen LogP contribution in [0.4, 0.5) is 5.69 Å². The molecule has 0 saturated carbocycles. The molecule has 132 valence electrons. The molecule has 1 unspecified atom stereocenters. The summed E-state index contributed by atoms with van der Waals surface area (Å²) in [5.74, 6) is 0.788. The lowest BCUT2D eigenvalue weighted by Crippen LogP contribution is -2.33. The first-order valence-corrected chi connectivity index (χ1v) is 8.89. The second-order valence-corrected chi connectivity index (χ2v) is 6.50. The van der Waals surface area contributed by atoms with Crippen molar-refractivity contribution in [1.29, 1.82) is 0 Å². The number of benzene rings is 3. The summed E-state index contributed by atoms with van der Waals surface area (Å²) in [6.45, 7) is 2.10. The highest BCUT2D eigenvalue weighted by Crippen LogP contribution is 2.23. The Hall–Kier alpha value is -2.85. The Morgan fingerprint density at radius 2 is 1.62 bits per heavy atom. The van der Waals surface area contributed by atoms with Crippen LogP contribution in [0.2, 0.25) is 0 Å². The summed E-state index contributed by atoms with van der Waals surface area (Å²) in [6, 6.07) is 26.5. The lowest BCUT2D eigenvalue weighted by atomic mass is 9.97. The van der Waals surface area contributed by atoms with Gasteiger partial charge in [0.15, 0.2) is 5.11 Å². The lowest BCUT2D eigenvalue weighted by Gasteiger charge is -2.22. The van der Waals surface area contributed by atoms with E-state index in [0.29, 0.717) is 5.11 Å². The van der Waals surface area contributed by atoms with Crippen molar-refractivity contribution in [2.24, 2.45) is 0 Å². The zero-order valence-electron chi connectivity index (χ0n) is 14.9. The molecule has 0 fully saturated rings. The van der Waals surface area contributed by atoms with Gasteiger partial charge in [-0.3, -0.25) is 0 Å². The second-order valence-electron chi connectivity index (χ2n) is 6.09. The highest BCUT2D eigenvalue weighted by Gasteiger charge is 2.15. The van der Waals surface area contributed by atoms with Gasteiger partial charge in [-0.2, -0.15) is 0 Å². The van der Waals surface area contributed by atoms with E-state index >= 15 is 0 Å². The Morgan fingerprint density at radius 1 is 0.885 bits per heavy atom. The van der Waals surface area contributed by atoms with Crippen molar-refractivity contribution in [2.45, 2.75) is 13.0 Å². The topological polar surface area (TPSA) is 33.3 Å². The monoisotopic (exact) mass is 362 g/mol. The molecule has 3 nitrogen and oxygen atoms in total. The Balaban J connectivity index is 1.82. The Bertz CT molecular complexity index is 880. The number of hydrogen-bond acceptors (Lipinski definition) is 2. The van der Waals surface area contributed by atoms with Crippen LogP contribution in [0.3, 0.4) is 0 Å². The molecule has 0 aliphatic heterocycles. The number of rotatable bonds is 5. The molecule has 26 heavy (non-hydrogen) atoms. The third kappa shape index (κ3) is 4.61. The summed E-state index contributed by atoms with van der Waals surface area (Å²) in [7, 11) is 1.65. The second kappa shape index (κ2) is 8.50. The van der Waals surface area contributed by atoms with Crippen molar-refractivity contribution in [3.05, 3.63) is 95.6 Å². The highest BCUT2D eigenvalue weighted by atomic mass is 32.1. The maximum absolute atomic E-state index is 5.56. The van der Waals surface area contributed by atoms with Crippen molar-refractivity contribution < 1.29 is 4.74 Å². The molecule has 0 amide bonds. The van der Waals surface area contributed by atoms with Gasteiger partial charge in [0.2, 0.25) is 0 Å². The molecule has 3 aromatic rings. The molecule has 4 heteroatoms. The molecule has 0 aliphatic carbocycles. The summed E-state index contributed by atoms with van der Waals surface area (Å²) in [4.78, 5) is 0. The van der Waals surface area contributed by atoms with Crippen LogP contribution in [0.1, 0.15) is 22.7 Å². The smallest absolute Gasteiger partial charge is 0.171 e. The zero-order chi connectivity index (χ0) is 18.4. The fraction of sp³-hybridized carbons (Fsp3) is 0.136. The zero-order valence-corrected chi connectivity index (χ0v) is 15.7. The van der Waals surface area contributed by atoms with Crippen molar-refractivity contribution in [2.75, 3.05) is 12.4 Å².